The molecule has 2 aromatic rings. The van der Waals surface area contributed by atoms with Crippen molar-refractivity contribution in [2.45, 2.75) is 0 Å². The summed E-state index contributed by atoms with van der Waals surface area (Å²) in [6, 6.07) is 10.2. The maximum Gasteiger partial charge on any atom is 0.124 e. The van der Waals surface area contributed by atoms with Crippen molar-refractivity contribution in [1.82, 2.24) is 0 Å². The average molecular weight is 274 g/mol. The molecule has 1 N–H and O–H groups in total. The highest BCUT2D eigenvalue weighted by Crippen LogP contribution is 2.36. The number of aromatic hydroxyl groups is 1. The lowest BCUT2D eigenvalue weighted by Gasteiger charge is -2.06. The highest BCUT2D eigenvalue weighted by Gasteiger charge is 2.08. The summed E-state index contributed by atoms with van der Waals surface area (Å²) in [6.45, 7) is 0. The second kappa shape index (κ2) is 4.54. The monoisotopic (exact) mass is 272 g/mol. The molecule has 0 bridgehead atoms. The predicted molar refractivity (Wildman–Crippen MR) is 68.6 cm³/mol. The van der Waals surface area contributed by atoms with Crippen LogP contribution in [-0.4, -0.2) is 5.11 Å². The van der Waals surface area contributed by atoms with Gasteiger partial charge in [0.25, 0.3) is 0 Å². The third-order valence-electron chi connectivity index (χ3n) is 2.19. The maximum absolute atomic E-state index is 9.76. The van der Waals surface area contributed by atoms with E-state index in [9.17, 15) is 5.11 Å². The Morgan fingerprint density at radius 1 is 0.812 bits per heavy atom. The third kappa shape index (κ3) is 2.27. The van der Waals surface area contributed by atoms with E-state index in [-0.39, 0.29) is 5.75 Å². The average Bonchev–Trinajstić information content (AvgIpc) is 2.25. The largest absolute Gasteiger partial charge is 0.507 e. The molecule has 0 amide bonds. The van der Waals surface area contributed by atoms with Crippen LogP contribution in [0.2, 0.25) is 15.1 Å². The number of phenols is 1. The fraction of sp³-hybridized carbons (Fsp3) is 0. The summed E-state index contributed by atoms with van der Waals surface area (Å²) in [5.41, 5.74) is 1.46. The van der Waals surface area contributed by atoms with Crippen molar-refractivity contribution in [3.8, 4) is 16.9 Å². The molecule has 0 unspecified atom stereocenters. The molecule has 0 saturated carbocycles. The number of phenolic OH excluding ortho intramolecular Hbond substituents is 1. The Morgan fingerprint density at radius 3 is 2.00 bits per heavy atom. The van der Waals surface area contributed by atoms with Crippen LogP contribution in [0.5, 0.6) is 5.75 Å². The van der Waals surface area contributed by atoms with E-state index in [1.807, 2.05) is 12.1 Å². The van der Waals surface area contributed by atoms with Gasteiger partial charge in [0.2, 0.25) is 0 Å². The zero-order valence-electron chi connectivity index (χ0n) is 8.05. The molecule has 82 valence electrons. The Balaban J connectivity index is 2.56. The molecule has 0 saturated heterocycles. The van der Waals surface area contributed by atoms with Gasteiger partial charge in [0.05, 0.1) is 10.0 Å². The fourth-order valence-corrected chi connectivity index (χ4v) is 1.84. The minimum absolute atomic E-state index is 0.0942. The van der Waals surface area contributed by atoms with Crippen LogP contribution >= 0.6 is 34.8 Å². The quantitative estimate of drug-likeness (QED) is 0.773. The van der Waals surface area contributed by atoms with Crippen LogP contribution < -0.4 is 0 Å². The first-order chi connectivity index (χ1) is 7.58. The summed E-state index contributed by atoms with van der Waals surface area (Å²) in [7, 11) is 0. The van der Waals surface area contributed by atoms with Crippen molar-refractivity contribution >= 4 is 34.8 Å². The first-order valence-electron chi connectivity index (χ1n) is 4.52. The number of hydrogen-bond donors (Lipinski definition) is 1. The van der Waals surface area contributed by atoms with Gasteiger partial charge in [0.1, 0.15) is 5.75 Å². The smallest absolute Gasteiger partial charge is 0.124 e. The van der Waals surface area contributed by atoms with E-state index in [1.165, 1.54) is 6.07 Å². The van der Waals surface area contributed by atoms with Crippen LogP contribution in [0.1, 0.15) is 0 Å². The maximum atomic E-state index is 9.76. The van der Waals surface area contributed by atoms with E-state index >= 15 is 0 Å². The molecule has 4 heteroatoms. The van der Waals surface area contributed by atoms with Gasteiger partial charge in [-0.05, 0) is 23.8 Å². The number of hydrogen-bond acceptors (Lipinski definition) is 1. The van der Waals surface area contributed by atoms with Gasteiger partial charge >= 0.3 is 0 Å². The second-order valence-electron chi connectivity index (χ2n) is 3.29. The van der Waals surface area contributed by atoms with Gasteiger partial charge in [0, 0.05) is 16.7 Å². The Labute approximate surface area is 108 Å². The van der Waals surface area contributed by atoms with Crippen molar-refractivity contribution in [2.24, 2.45) is 0 Å². The molecule has 0 aliphatic rings. The van der Waals surface area contributed by atoms with Crippen molar-refractivity contribution in [2.75, 3.05) is 0 Å². The molecule has 0 spiro atoms. The number of rotatable bonds is 1. The van der Waals surface area contributed by atoms with Crippen LogP contribution in [0.25, 0.3) is 11.1 Å². The van der Waals surface area contributed by atoms with E-state index in [0.717, 1.165) is 5.56 Å². The van der Waals surface area contributed by atoms with Crippen LogP contribution in [0, 0.1) is 0 Å². The summed E-state index contributed by atoms with van der Waals surface area (Å²) in [4.78, 5) is 0. The van der Waals surface area contributed by atoms with Crippen molar-refractivity contribution in [3.63, 3.8) is 0 Å². The standard InChI is InChI=1S/C12H7Cl3O/c13-8-3-1-7(2-4-8)9-5-10(14)11(15)6-12(9)16/h1-6,16H. The molecule has 0 radical (unpaired) electrons. The predicted octanol–water partition coefficient (Wildman–Crippen LogP) is 5.02. The topological polar surface area (TPSA) is 20.2 Å². The molecule has 0 aliphatic heterocycles. The van der Waals surface area contributed by atoms with Gasteiger partial charge < -0.3 is 5.11 Å². The van der Waals surface area contributed by atoms with Gasteiger partial charge in [-0.15, -0.1) is 0 Å². The zero-order chi connectivity index (χ0) is 11.7. The fourth-order valence-electron chi connectivity index (χ4n) is 1.40. The molecule has 0 atom stereocenters. The van der Waals surface area contributed by atoms with Crippen LogP contribution in [-0.2, 0) is 0 Å². The first-order valence-corrected chi connectivity index (χ1v) is 5.65. The number of halogens is 3. The van der Waals surface area contributed by atoms with E-state index in [4.69, 9.17) is 34.8 Å². The van der Waals surface area contributed by atoms with E-state index < -0.39 is 0 Å². The van der Waals surface area contributed by atoms with Crippen molar-refractivity contribution < 1.29 is 5.11 Å². The zero-order valence-corrected chi connectivity index (χ0v) is 10.3. The lowest BCUT2D eigenvalue weighted by molar-refractivity contribution is 0.477. The minimum atomic E-state index is 0.0942. The van der Waals surface area contributed by atoms with Gasteiger partial charge in [-0.1, -0.05) is 46.9 Å². The second-order valence-corrected chi connectivity index (χ2v) is 4.54. The molecule has 0 aromatic heterocycles. The highest BCUT2D eigenvalue weighted by atomic mass is 35.5. The summed E-state index contributed by atoms with van der Waals surface area (Å²) >= 11 is 17.5. The van der Waals surface area contributed by atoms with Crippen molar-refractivity contribution in [1.29, 1.82) is 0 Å². The Morgan fingerprint density at radius 2 is 1.38 bits per heavy atom. The molecule has 0 aliphatic carbocycles. The molecular weight excluding hydrogens is 266 g/mol. The normalized spacial score (nSPS) is 10.4. The minimum Gasteiger partial charge on any atom is -0.507 e. The summed E-state index contributed by atoms with van der Waals surface area (Å²) < 4.78 is 0. The SMILES string of the molecule is Oc1cc(Cl)c(Cl)cc1-c1ccc(Cl)cc1. The van der Waals surface area contributed by atoms with Crippen LogP contribution in [0.3, 0.4) is 0 Å². The van der Waals surface area contributed by atoms with E-state index in [2.05, 4.69) is 0 Å². The molecule has 1 nitrogen and oxygen atoms in total. The van der Waals surface area contributed by atoms with Crippen LogP contribution in [0.4, 0.5) is 0 Å². The highest BCUT2D eigenvalue weighted by molar-refractivity contribution is 6.42. The summed E-state index contributed by atoms with van der Waals surface area (Å²) in [5.74, 6) is 0.0942. The van der Waals surface area contributed by atoms with Crippen molar-refractivity contribution in [3.05, 3.63) is 51.5 Å². The summed E-state index contributed by atoms with van der Waals surface area (Å²) in [5, 5.41) is 11.1. The van der Waals surface area contributed by atoms with Gasteiger partial charge in [-0.3, -0.25) is 0 Å². The molecule has 0 fully saturated rings. The lowest BCUT2D eigenvalue weighted by Crippen LogP contribution is -1.80. The van der Waals surface area contributed by atoms with Gasteiger partial charge in [0.15, 0.2) is 0 Å². The van der Waals surface area contributed by atoms with E-state index in [1.54, 1.807) is 18.2 Å². The molecule has 16 heavy (non-hydrogen) atoms. The van der Waals surface area contributed by atoms with Gasteiger partial charge in [-0.2, -0.15) is 0 Å². The molecule has 2 rings (SSSR count). The summed E-state index contributed by atoms with van der Waals surface area (Å²) in [6.07, 6.45) is 0. The number of benzene rings is 2. The Kier molecular flexibility index (Phi) is 3.29. The van der Waals surface area contributed by atoms with Gasteiger partial charge in [-0.25, -0.2) is 0 Å². The molecule has 0 heterocycles. The molecule has 2 aromatic carbocycles. The van der Waals surface area contributed by atoms with E-state index in [0.29, 0.717) is 20.6 Å². The first kappa shape index (κ1) is 11.6. The van der Waals surface area contributed by atoms with Crippen LogP contribution in [0.15, 0.2) is 36.4 Å². The Bertz CT molecular complexity index is 521. The molecular formula is C12H7Cl3O. The third-order valence-corrected chi connectivity index (χ3v) is 3.17. The Hall–Kier alpha value is -0.890. The lowest BCUT2D eigenvalue weighted by atomic mass is 10.1.